The molecule has 0 aromatic carbocycles. The van der Waals surface area contributed by atoms with E-state index in [2.05, 4.69) is 46.1 Å². The summed E-state index contributed by atoms with van der Waals surface area (Å²) in [5.74, 6) is 2.66. The summed E-state index contributed by atoms with van der Waals surface area (Å²) in [5, 5.41) is 4.11. The fourth-order valence-corrected chi connectivity index (χ4v) is 3.00. The first-order chi connectivity index (χ1) is 9.62. The number of thioether (sulfide) groups is 1. The van der Waals surface area contributed by atoms with Crippen LogP contribution in [-0.2, 0) is 0 Å². The van der Waals surface area contributed by atoms with Gasteiger partial charge in [-0.15, -0.1) is 0 Å². The summed E-state index contributed by atoms with van der Waals surface area (Å²) in [4.78, 5) is 13.7. The quantitative estimate of drug-likeness (QED) is 0.640. The molecule has 1 N–H and O–H groups in total. The summed E-state index contributed by atoms with van der Waals surface area (Å²) in [6, 6.07) is 2.04. The van der Waals surface area contributed by atoms with Gasteiger partial charge in [-0.3, -0.25) is 0 Å². The average Bonchev–Trinajstić information content (AvgIpc) is 2.84. The molecule has 0 amide bonds. The molecule has 1 aliphatic heterocycles. The SMILES string of the molecule is CCNc1cc(N(C)CC2CCN(C)C2)nc(SC)n1. The van der Waals surface area contributed by atoms with Gasteiger partial charge in [0.1, 0.15) is 11.6 Å². The van der Waals surface area contributed by atoms with Crippen LogP contribution >= 0.6 is 11.8 Å². The van der Waals surface area contributed by atoms with Gasteiger partial charge in [-0.1, -0.05) is 11.8 Å². The Labute approximate surface area is 126 Å². The summed E-state index contributed by atoms with van der Waals surface area (Å²) in [7, 11) is 4.32. The highest BCUT2D eigenvalue weighted by atomic mass is 32.2. The van der Waals surface area contributed by atoms with E-state index in [1.807, 2.05) is 12.3 Å². The van der Waals surface area contributed by atoms with E-state index in [1.54, 1.807) is 11.8 Å². The van der Waals surface area contributed by atoms with Gasteiger partial charge >= 0.3 is 0 Å². The number of anilines is 2. The largest absolute Gasteiger partial charge is 0.370 e. The number of hydrogen-bond donors (Lipinski definition) is 1. The van der Waals surface area contributed by atoms with Crippen LogP contribution in [0, 0.1) is 5.92 Å². The van der Waals surface area contributed by atoms with Crippen molar-refractivity contribution < 1.29 is 0 Å². The average molecular weight is 295 g/mol. The molecule has 0 spiro atoms. The Kier molecular flexibility index (Phi) is 5.48. The van der Waals surface area contributed by atoms with Gasteiger partial charge in [0.05, 0.1) is 0 Å². The zero-order valence-corrected chi connectivity index (χ0v) is 13.7. The molecule has 1 unspecified atom stereocenters. The predicted octanol–water partition coefficient (Wildman–Crippen LogP) is 2.02. The van der Waals surface area contributed by atoms with Crippen LogP contribution in [0.1, 0.15) is 13.3 Å². The van der Waals surface area contributed by atoms with Crippen molar-refractivity contribution in [2.45, 2.75) is 18.5 Å². The highest BCUT2D eigenvalue weighted by molar-refractivity contribution is 7.98. The maximum Gasteiger partial charge on any atom is 0.191 e. The van der Waals surface area contributed by atoms with E-state index in [0.29, 0.717) is 0 Å². The van der Waals surface area contributed by atoms with Crippen molar-refractivity contribution in [3.8, 4) is 0 Å². The fourth-order valence-electron chi connectivity index (χ4n) is 2.63. The minimum Gasteiger partial charge on any atom is -0.370 e. The van der Waals surface area contributed by atoms with Crippen molar-refractivity contribution in [3.05, 3.63) is 6.07 Å². The van der Waals surface area contributed by atoms with Crippen LogP contribution in [0.15, 0.2) is 11.2 Å². The van der Waals surface area contributed by atoms with Crippen molar-refractivity contribution in [1.29, 1.82) is 0 Å². The highest BCUT2D eigenvalue weighted by Gasteiger charge is 2.21. The maximum absolute atomic E-state index is 4.62. The van der Waals surface area contributed by atoms with Gasteiger partial charge in [0.2, 0.25) is 0 Å². The van der Waals surface area contributed by atoms with Crippen molar-refractivity contribution >= 4 is 23.4 Å². The minimum absolute atomic E-state index is 0.736. The lowest BCUT2D eigenvalue weighted by Crippen LogP contribution is -2.28. The number of likely N-dealkylation sites (tertiary alicyclic amines) is 1. The number of rotatable bonds is 6. The molecular formula is C14H25N5S. The van der Waals surface area contributed by atoms with Crippen molar-refractivity contribution in [2.24, 2.45) is 5.92 Å². The van der Waals surface area contributed by atoms with Gasteiger partial charge in [0.25, 0.3) is 0 Å². The maximum atomic E-state index is 4.62. The van der Waals surface area contributed by atoms with Crippen molar-refractivity contribution in [1.82, 2.24) is 14.9 Å². The fraction of sp³-hybridized carbons (Fsp3) is 0.714. The monoisotopic (exact) mass is 295 g/mol. The Morgan fingerprint density at radius 3 is 2.90 bits per heavy atom. The van der Waals surface area contributed by atoms with Gasteiger partial charge < -0.3 is 15.1 Å². The topological polar surface area (TPSA) is 44.3 Å². The minimum atomic E-state index is 0.736. The predicted molar refractivity (Wildman–Crippen MR) is 86.9 cm³/mol. The molecule has 0 radical (unpaired) electrons. The molecule has 1 aromatic rings. The summed E-state index contributed by atoms with van der Waals surface area (Å²) < 4.78 is 0. The van der Waals surface area contributed by atoms with E-state index < -0.39 is 0 Å². The van der Waals surface area contributed by atoms with Crippen LogP contribution in [0.4, 0.5) is 11.6 Å². The molecule has 0 saturated carbocycles. The van der Waals surface area contributed by atoms with Gasteiger partial charge in [0, 0.05) is 32.7 Å². The number of nitrogens with zero attached hydrogens (tertiary/aromatic N) is 4. The molecule has 0 aliphatic carbocycles. The summed E-state index contributed by atoms with van der Waals surface area (Å²) in [6.07, 6.45) is 3.29. The van der Waals surface area contributed by atoms with E-state index in [9.17, 15) is 0 Å². The van der Waals surface area contributed by atoms with Gasteiger partial charge in [-0.25, -0.2) is 9.97 Å². The first-order valence-electron chi connectivity index (χ1n) is 7.19. The first-order valence-corrected chi connectivity index (χ1v) is 8.41. The van der Waals surface area contributed by atoms with Crippen molar-refractivity contribution in [2.75, 3.05) is 56.7 Å². The molecule has 5 nitrogen and oxygen atoms in total. The van der Waals surface area contributed by atoms with Crippen LogP contribution in [0.5, 0.6) is 0 Å². The molecule has 6 heteroatoms. The third kappa shape index (κ3) is 3.99. The summed E-state index contributed by atoms with van der Waals surface area (Å²) >= 11 is 1.59. The molecule has 20 heavy (non-hydrogen) atoms. The number of aromatic nitrogens is 2. The molecule has 1 aromatic heterocycles. The van der Waals surface area contributed by atoms with E-state index in [-0.39, 0.29) is 0 Å². The second-order valence-electron chi connectivity index (χ2n) is 5.43. The normalized spacial score (nSPS) is 19.3. The van der Waals surface area contributed by atoms with E-state index in [4.69, 9.17) is 0 Å². The van der Waals surface area contributed by atoms with Gasteiger partial charge in [0.15, 0.2) is 5.16 Å². The second-order valence-corrected chi connectivity index (χ2v) is 6.20. The first kappa shape index (κ1) is 15.4. The van der Waals surface area contributed by atoms with Gasteiger partial charge in [-0.05, 0) is 39.1 Å². The zero-order valence-electron chi connectivity index (χ0n) is 12.9. The molecule has 1 saturated heterocycles. The Morgan fingerprint density at radius 1 is 1.50 bits per heavy atom. The van der Waals surface area contributed by atoms with E-state index in [1.165, 1.54) is 19.5 Å². The van der Waals surface area contributed by atoms with Gasteiger partial charge in [-0.2, -0.15) is 0 Å². The van der Waals surface area contributed by atoms with E-state index in [0.717, 1.165) is 35.8 Å². The van der Waals surface area contributed by atoms with Crippen molar-refractivity contribution in [3.63, 3.8) is 0 Å². The lowest BCUT2D eigenvalue weighted by Gasteiger charge is -2.23. The smallest absolute Gasteiger partial charge is 0.191 e. The lowest BCUT2D eigenvalue weighted by molar-refractivity contribution is 0.395. The number of nitrogens with one attached hydrogen (secondary N) is 1. The molecular weight excluding hydrogens is 270 g/mol. The Morgan fingerprint density at radius 2 is 2.30 bits per heavy atom. The standard InChI is InChI=1S/C14H25N5S/c1-5-15-12-8-13(17-14(16-12)20-4)19(3)10-11-6-7-18(2)9-11/h8,11H,5-7,9-10H2,1-4H3,(H,15,16,17). The Bertz CT molecular complexity index is 440. The van der Waals surface area contributed by atoms with Crippen LogP contribution in [0.3, 0.4) is 0 Å². The molecule has 2 heterocycles. The lowest BCUT2D eigenvalue weighted by atomic mass is 10.1. The third-order valence-electron chi connectivity index (χ3n) is 3.64. The molecule has 2 rings (SSSR count). The molecule has 1 fully saturated rings. The Balaban J connectivity index is 2.07. The highest BCUT2D eigenvalue weighted by Crippen LogP contribution is 2.22. The summed E-state index contributed by atoms with van der Waals surface area (Å²) in [5.41, 5.74) is 0. The third-order valence-corrected chi connectivity index (χ3v) is 4.19. The van der Waals surface area contributed by atoms with Crippen LogP contribution in [0.25, 0.3) is 0 Å². The van der Waals surface area contributed by atoms with Crippen LogP contribution in [0.2, 0.25) is 0 Å². The zero-order chi connectivity index (χ0) is 14.5. The number of hydrogen-bond acceptors (Lipinski definition) is 6. The molecule has 1 atom stereocenters. The molecule has 112 valence electrons. The molecule has 1 aliphatic rings. The summed E-state index contributed by atoms with van der Waals surface area (Å²) in [6.45, 7) is 6.41. The van der Waals surface area contributed by atoms with E-state index >= 15 is 0 Å². The Hall–Kier alpha value is -1.01. The molecule has 0 bridgehead atoms. The second kappa shape index (κ2) is 7.13. The van der Waals surface area contributed by atoms with Crippen LogP contribution < -0.4 is 10.2 Å². The van der Waals surface area contributed by atoms with Crippen LogP contribution in [-0.4, -0.2) is 61.4 Å².